The van der Waals surface area contributed by atoms with Gasteiger partial charge in [0.2, 0.25) is 5.91 Å². The number of aryl methyl sites for hydroxylation is 1. The highest BCUT2D eigenvalue weighted by Crippen LogP contribution is 2.18. The van der Waals surface area contributed by atoms with Crippen molar-refractivity contribution in [3.63, 3.8) is 0 Å². The van der Waals surface area contributed by atoms with Gasteiger partial charge in [0.1, 0.15) is 0 Å². The molecule has 1 aromatic carbocycles. The summed E-state index contributed by atoms with van der Waals surface area (Å²) in [6, 6.07) is 8.09. The summed E-state index contributed by atoms with van der Waals surface area (Å²) >= 11 is 0. The molecule has 1 N–H and O–H groups in total. The number of nitrogens with zero attached hydrogens (tertiary/aromatic N) is 1. The van der Waals surface area contributed by atoms with Crippen LogP contribution in [-0.2, 0) is 4.79 Å². The number of hydrogen-bond donors (Lipinski definition) is 1. The molecule has 1 aliphatic rings. The van der Waals surface area contributed by atoms with Gasteiger partial charge in [-0.05, 0) is 50.9 Å². The molecule has 0 aromatic heterocycles. The summed E-state index contributed by atoms with van der Waals surface area (Å²) in [5.41, 5.74) is 2.20. The van der Waals surface area contributed by atoms with Crippen molar-refractivity contribution in [2.45, 2.75) is 26.2 Å². The lowest BCUT2D eigenvalue weighted by molar-refractivity contribution is -0.118. The molecule has 1 fully saturated rings. The topological polar surface area (TPSA) is 32.3 Å². The molecule has 0 bridgehead atoms. The molecule has 3 heteroatoms. The Morgan fingerprint density at radius 1 is 1.39 bits per heavy atom. The maximum atomic E-state index is 12.1. The van der Waals surface area contributed by atoms with Crippen molar-refractivity contribution < 1.29 is 4.79 Å². The van der Waals surface area contributed by atoms with Crippen LogP contribution in [-0.4, -0.2) is 26.0 Å². The number of nitrogens with one attached hydrogen (secondary N) is 1. The van der Waals surface area contributed by atoms with Crippen molar-refractivity contribution in [3.05, 3.63) is 29.8 Å². The summed E-state index contributed by atoms with van der Waals surface area (Å²) in [7, 11) is 1.86. The van der Waals surface area contributed by atoms with E-state index in [0.717, 1.165) is 25.2 Å². The van der Waals surface area contributed by atoms with Gasteiger partial charge in [0.15, 0.2) is 0 Å². The fraction of sp³-hybridized carbons (Fsp3) is 0.533. The number of benzene rings is 1. The highest BCUT2D eigenvalue weighted by atomic mass is 16.2. The van der Waals surface area contributed by atoms with Crippen LogP contribution in [0, 0.1) is 12.8 Å². The maximum Gasteiger partial charge on any atom is 0.226 e. The Balaban J connectivity index is 1.85. The number of hydrogen-bond acceptors (Lipinski definition) is 2. The summed E-state index contributed by atoms with van der Waals surface area (Å²) in [4.78, 5) is 13.9. The van der Waals surface area contributed by atoms with Gasteiger partial charge in [0.05, 0.1) is 0 Å². The van der Waals surface area contributed by atoms with Crippen molar-refractivity contribution in [3.8, 4) is 0 Å². The van der Waals surface area contributed by atoms with Gasteiger partial charge in [0.25, 0.3) is 0 Å². The van der Waals surface area contributed by atoms with Crippen LogP contribution in [0.2, 0.25) is 0 Å². The Labute approximate surface area is 109 Å². The van der Waals surface area contributed by atoms with Gasteiger partial charge in [0, 0.05) is 19.2 Å². The summed E-state index contributed by atoms with van der Waals surface area (Å²) in [6.07, 6.45) is 2.86. The van der Waals surface area contributed by atoms with E-state index in [0.29, 0.717) is 12.3 Å². The second-order valence-electron chi connectivity index (χ2n) is 5.19. The molecule has 1 amide bonds. The molecule has 2 rings (SSSR count). The first-order chi connectivity index (χ1) is 8.66. The molecule has 1 aromatic rings. The van der Waals surface area contributed by atoms with Crippen LogP contribution in [0.4, 0.5) is 5.69 Å². The molecule has 3 nitrogen and oxygen atoms in total. The van der Waals surface area contributed by atoms with Gasteiger partial charge in [-0.15, -0.1) is 0 Å². The molecule has 1 unspecified atom stereocenters. The number of carbonyl (C=O) groups excluding carboxylic acids is 1. The predicted octanol–water partition coefficient (Wildman–Crippen LogP) is 2.35. The zero-order valence-corrected chi connectivity index (χ0v) is 11.3. The van der Waals surface area contributed by atoms with E-state index in [1.807, 2.05) is 31.3 Å². The lowest BCUT2D eigenvalue weighted by Crippen LogP contribution is -2.26. The largest absolute Gasteiger partial charge is 0.316 e. The number of carbonyl (C=O) groups is 1. The van der Waals surface area contributed by atoms with E-state index in [4.69, 9.17) is 0 Å². The molecular formula is C15H22N2O. The molecule has 0 saturated carbocycles. The average Bonchev–Trinajstić information content (AvgIpc) is 2.89. The average molecular weight is 246 g/mol. The number of amides is 1. The molecular weight excluding hydrogens is 224 g/mol. The van der Waals surface area contributed by atoms with E-state index in [2.05, 4.69) is 12.2 Å². The van der Waals surface area contributed by atoms with Crippen molar-refractivity contribution in [2.75, 3.05) is 25.0 Å². The van der Waals surface area contributed by atoms with E-state index in [1.54, 1.807) is 4.90 Å². The van der Waals surface area contributed by atoms with Crippen LogP contribution in [0.5, 0.6) is 0 Å². The second-order valence-corrected chi connectivity index (χ2v) is 5.19. The monoisotopic (exact) mass is 246 g/mol. The summed E-state index contributed by atoms with van der Waals surface area (Å²) in [5, 5.41) is 3.34. The fourth-order valence-electron chi connectivity index (χ4n) is 2.37. The molecule has 1 heterocycles. The molecule has 1 atom stereocenters. The van der Waals surface area contributed by atoms with Crippen LogP contribution < -0.4 is 10.2 Å². The van der Waals surface area contributed by atoms with Gasteiger partial charge in [-0.2, -0.15) is 0 Å². The third kappa shape index (κ3) is 3.33. The summed E-state index contributed by atoms with van der Waals surface area (Å²) in [5.74, 6) is 0.895. The van der Waals surface area contributed by atoms with Crippen molar-refractivity contribution in [1.82, 2.24) is 5.32 Å². The van der Waals surface area contributed by atoms with Crippen molar-refractivity contribution in [2.24, 2.45) is 5.92 Å². The highest BCUT2D eigenvalue weighted by molar-refractivity contribution is 5.92. The molecule has 18 heavy (non-hydrogen) atoms. The number of anilines is 1. The Kier molecular flexibility index (Phi) is 4.37. The predicted molar refractivity (Wildman–Crippen MR) is 74.8 cm³/mol. The highest BCUT2D eigenvalue weighted by Gasteiger charge is 2.17. The summed E-state index contributed by atoms with van der Waals surface area (Å²) in [6.45, 7) is 4.23. The second kappa shape index (κ2) is 6.01. The van der Waals surface area contributed by atoms with Crippen LogP contribution >= 0.6 is 0 Å². The molecule has 0 spiro atoms. The Bertz CT molecular complexity index is 393. The van der Waals surface area contributed by atoms with E-state index in [-0.39, 0.29) is 5.91 Å². The summed E-state index contributed by atoms with van der Waals surface area (Å²) < 4.78 is 0. The standard InChI is InChI=1S/C15H22N2O/c1-12-3-6-14(7-4-12)17(2)15(18)8-5-13-9-10-16-11-13/h3-4,6-7,13,16H,5,8-11H2,1-2H3. The van der Waals surface area contributed by atoms with Gasteiger partial charge in [-0.1, -0.05) is 17.7 Å². The first kappa shape index (κ1) is 13.1. The lowest BCUT2D eigenvalue weighted by atomic mass is 10.0. The molecule has 98 valence electrons. The zero-order chi connectivity index (χ0) is 13.0. The van der Waals surface area contributed by atoms with Crippen molar-refractivity contribution in [1.29, 1.82) is 0 Å². The smallest absolute Gasteiger partial charge is 0.226 e. The molecule has 0 aliphatic carbocycles. The van der Waals surface area contributed by atoms with E-state index in [1.165, 1.54) is 12.0 Å². The van der Waals surface area contributed by atoms with Gasteiger partial charge >= 0.3 is 0 Å². The quantitative estimate of drug-likeness (QED) is 0.884. The van der Waals surface area contributed by atoms with Crippen molar-refractivity contribution >= 4 is 11.6 Å². The van der Waals surface area contributed by atoms with Gasteiger partial charge < -0.3 is 10.2 Å². The third-order valence-electron chi connectivity index (χ3n) is 3.72. The Morgan fingerprint density at radius 3 is 2.72 bits per heavy atom. The Morgan fingerprint density at radius 2 is 2.11 bits per heavy atom. The minimum Gasteiger partial charge on any atom is -0.316 e. The lowest BCUT2D eigenvalue weighted by Gasteiger charge is -2.18. The normalized spacial score (nSPS) is 18.9. The van der Waals surface area contributed by atoms with Crippen LogP contribution in [0.1, 0.15) is 24.8 Å². The molecule has 1 saturated heterocycles. The van der Waals surface area contributed by atoms with Gasteiger partial charge in [-0.25, -0.2) is 0 Å². The van der Waals surface area contributed by atoms with Crippen LogP contribution in [0.3, 0.4) is 0 Å². The SMILES string of the molecule is Cc1ccc(N(C)C(=O)CCC2CCNC2)cc1. The maximum absolute atomic E-state index is 12.1. The minimum absolute atomic E-state index is 0.214. The van der Waals surface area contributed by atoms with E-state index < -0.39 is 0 Å². The Hall–Kier alpha value is -1.35. The first-order valence-electron chi connectivity index (χ1n) is 6.71. The fourth-order valence-corrected chi connectivity index (χ4v) is 2.37. The first-order valence-corrected chi connectivity index (χ1v) is 6.71. The molecule has 1 aliphatic heterocycles. The van der Waals surface area contributed by atoms with Crippen LogP contribution in [0.15, 0.2) is 24.3 Å². The van der Waals surface area contributed by atoms with E-state index >= 15 is 0 Å². The van der Waals surface area contributed by atoms with E-state index in [9.17, 15) is 4.79 Å². The third-order valence-corrected chi connectivity index (χ3v) is 3.72. The zero-order valence-electron chi connectivity index (χ0n) is 11.3. The van der Waals surface area contributed by atoms with Crippen LogP contribution in [0.25, 0.3) is 0 Å². The minimum atomic E-state index is 0.214. The molecule has 0 radical (unpaired) electrons. The number of rotatable bonds is 4. The van der Waals surface area contributed by atoms with Gasteiger partial charge in [-0.3, -0.25) is 4.79 Å².